The third kappa shape index (κ3) is 2.67. The first-order chi connectivity index (χ1) is 5.20. The Balaban J connectivity index is 2.49. The molecule has 0 saturated heterocycles. The van der Waals surface area contributed by atoms with E-state index in [1.807, 2.05) is 19.4 Å². The average Bonchev–Trinajstić information content (AvgIpc) is 2.35. The standard InChI is InChI=1S/C7H11ClN2S/c1-6(8)5-10(2)7-9-3-4-11-7/h3-4,6H,5H2,1-2H3. The Bertz CT molecular complexity index is 198. The molecule has 0 N–H and O–H groups in total. The van der Waals surface area contributed by atoms with Crippen LogP contribution < -0.4 is 4.90 Å². The van der Waals surface area contributed by atoms with Gasteiger partial charge in [0.1, 0.15) is 0 Å². The second-order valence-corrected chi connectivity index (χ2v) is 4.09. The summed E-state index contributed by atoms with van der Waals surface area (Å²) in [5.74, 6) is 0. The molecule has 0 aliphatic carbocycles. The van der Waals surface area contributed by atoms with Crippen molar-refractivity contribution in [2.24, 2.45) is 0 Å². The number of hydrogen-bond donors (Lipinski definition) is 0. The van der Waals surface area contributed by atoms with E-state index in [0.29, 0.717) is 0 Å². The van der Waals surface area contributed by atoms with E-state index in [9.17, 15) is 0 Å². The van der Waals surface area contributed by atoms with Crippen molar-refractivity contribution < 1.29 is 0 Å². The molecule has 2 nitrogen and oxygen atoms in total. The van der Waals surface area contributed by atoms with Gasteiger partial charge in [0, 0.05) is 30.5 Å². The highest BCUT2D eigenvalue weighted by atomic mass is 35.5. The smallest absolute Gasteiger partial charge is 0.185 e. The van der Waals surface area contributed by atoms with Crippen LogP contribution in [0.25, 0.3) is 0 Å². The van der Waals surface area contributed by atoms with Gasteiger partial charge in [0.2, 0.25) is 0 Å². The second kappa shape index (κ2) is 3.93. The van der Waals surface area contributed by atoms with Crippen molar-refractivity contribution in [2.45, 2.75) is 12.3 Å². The fourth-order valence-corrected chi connectivity index (χ4v) is 1.69. The minimum atomic E-state index is 0.170. The van der Waals surface area contributed by atoms with E-state index >= 15 is 0 Å². The van der Waals surface area contributed by atoms with Crippen molar-refractivity contribution in [3.05, 3.63) is 11.6 Å². The quantitative estimate of drug-likeness (QED) is 0.680. The molecule has 0 aliphatic rings. The Hall–Kier alpha value is -0.280. The molecule has 11 heavy (non-hydrogen) atoms. The predicted molar refractivity (Wildman–Crippen MR) is 50.7 cm³/mol. The highest BCUT2D eigenvalue weighted by molar-refractivity contribution is 7.13. The van der Waals surface area contributed by atoms with E-state index in [1.54, 1.807) is 17.5 Å². The second-order valence-electron chi connectivity index (χ2n) is 2.48. The van der Waals surface area contributed by atoms with Crippen molar-refractivity contribution in [1.29, 1.82) is 0 Å². The maximum Gasteiger partial charge on any atom is 0.185 e. The number of halogens is 1. The maximum atomic E-state index is 5.82. The molecular weight excluding hydrogens is 180 g/mol. The molecule has 4 heteroatoms. The minimum absolute atomic E-state index is 0.170. The zero-order valence-corrected chi connectivity index (χ0v) is 8.19. The van der Waals surface area contributed by atoms with Gasteiger partial charge in [-0.25, -0.2) is 4.98 Å². The zero-order chi connectivity index (χ0) is 8.27. The van der Waals surface area contributed by atoms with Gasteiger partial charge in [0.15, 0.2) is 5.13 Å². The molecule has 0 aromatic carbocycles. The number of rotatable bonds is 3. The molecule has 1 atom stereocenters. The molecule has 0 spiro atoms. The van der Waals surface area contributed by atoms with E-state index in [2.05, 4.69) is 9.88 Å². The Morgan fingerprint density at radius 3 is 3.00 bits per heavy atom. The Morgan fingerprint density at radius 2 is 2.55 bits per heavy atom. The van der Waals surface area contributed by atoms with E-state index < -0.39 is 0 Å². The summed E-state index contributed by atoms with van der Waals surface area (Å²) >= 11 is 7.45. The van der Waals surface area contributed by atoms with Gasteiger partial charge in [0.05, 0.1) is 0 Å². The largest absolute Gasteiger partial charge is 0.350 e. The van der Waals surface area contributed by atoms with Crippen molar-refractivity contribution in [1.82, 2.24) is 4.98 Å². The molecule has 1 aromatic rings. The number of aromatic nitrogens is 1. The van der Waals surface area contributed by atoms with Gasteiger partial charge in [-0.15, -0.1) is 22.9 Å². The van der Waals surface area contributed by atoms with Crippen molar-refractivity contribution in [3.8, 4) is 0 Å². The molecule has 0 aliphatic heterocycles. The molecule has 1 heterocycles. The van der Waals surface area contributed by atoms with Gasteiger partial charge in [-0.05, 0) is 6.92 Å². The molecule has 0 bridgehead atoms. The van der Waals surface area contributed by atoms with E-state index in [1.165, 1.54) is 0 Å². The predicted octanol–water partition coefficient (Wildman–Crippen LogP) is 2.21. The molecule has 1 aromatic heterocycles. The summed E-state index contributed by atoms with van der Waals surface area (Å²) in [5.41, 5.74) is 0. The van der Waals surface area contributed by atoms with Crippen LogP contribution in [0.3, 0.4) is 0 Å². The van der Waals surface area contributed by atoms with Crippen LogP contribution in [0.2, 0.25) is 0 Å². The summed E-state index contributed by atoms with van der Waals surface area (Å²) in [4.78, 5) is 6.21. The van der Waals surface area contributed by atoms with Crippen LogP contribution in [-0.4, -0.2) is 24.0 Å². The van der Waals surface area contributed by atoms with Crippen LogP contribution in [-0.2, 0) is 0 Å². The fraction of sp³-hybridized carbons (Fsp3) is 0.571. The molecule has 0 amide bonds. The lowest BCUT2D eigenvalue weighted by Gasteiger charge is -2.16. The Kier molecular flexibility index (Phi) is 3.15. The van der Waals surface area contributed by atoms with Crippen molar-refractivity contribution >= 4 is 28.1 Å². The number of anilines is 1. The van der Waals surface area contributed by atoms with E-state index in [-0.39, 0.29) is 5.38 Å². The van der Waals surface area contributed by atoms with E-state index in [4.69, 9.17) is 11.6 Å². The lowest BCUT2D eigenvalue weighted by atomic mass is 10.4. The van der Waals surface area contributed by atoms with Gasteiger partial charge in [-0.1, -0.05) is 0 Å². The highest BCUT2D eigenvalue weighted by Crippen LogP contribution is 2.16. The molecule has 62 valence electrons. The van der Waals surface area contributed by atoms with Gasteiger partial charge in [-0.2, -0.15) is 0 Å². The third-order valence-corrected chi connectivity index (χ3v) is 2.29. The van der Waals surface area contributed by atoms with Gasteiger partial charge >= 0.3 is 0 Å². The lowest BCUT2D eigenvalue weighted by Crippen LogP contribution is -2.23. The average molecular weight is 191 g/mol. The Morgan fingerprint density at radius 1 is 1.82 bits per heavy atom. The maximum absolute atomic E-state index is 5.82. The van der Waals surface area contributed by atoms with Gasteiger partial charge in [0.25, 0.3) is 0 Å². The number of thiazole rings is 1. The van der Waals surface area contributed by atoms with Crippen LogP contribution in [0.15, 0.2) is 11.6 Å². The Labute approximate surface area is 75.8 Å². The van der Waals surface area contributed by atoms with Gasteiger partial charge < -0.3 is 4.90 Å². The molecule has 0 fully saturated rings. The molecule has 1 unspecified atom stereocenters. The lowest BCUT2D eigenvalue weighted by molar-refractivity contribution is 0.855. The number of hydrogen-bond acceptors (Lipinski definition) is 3. The fourth-order valence-electron chi connectivity index (χ4n) is 0.860. The summed E-state index contributed by atoms with van der Waals surface area (Å²) < 4.78 is 0. The molecule has 1 rings (SSSR count). The summed E-state index contributed by atoms with van der Waals surface area (Å²) in [6.07, 6.45) is 1.80. The van der Waals surface area contributed by atoms with Crippen molar-refractivity contribution in [2.75, 3.05) is 18.5 Å². The summed E-state index contributed by atoms with van der Waals surface area (Å²) in [5, 5.41) is 3.16. The number of alkyl halides is 1. The molecule has 0 saturated carbocycles. The van der Waals surface area contributed by atoms with Crippen LogP contribution in [0.1, 0.15) is 6.92 Å². The SMILES string of the molecule is CC(Cl)CN(C)c1nccs1. The molecular formula is C7H11ClN2S. The van der Waals surface area contributed by atoms with Crippen LogP contribution in [0.5, 0.6) is 0 Å². The third-order valence-electron chi connectivity index (χ3n) is 1.27. The normalized spacial score (nSPS) is 13.0. The summed E-state index contributed by atoms with van der Waals surface area (Å²) in [7, 11) is 2.00. The molecule has 0 radical (unpaired) electrons. The topological polar surface area (TPSA) is 16.1 Å². The summed E-state index contributed by atoms with van der Waals surface area (Å²) in [6.45, 7) is 2.82. The first-order valence-electron chi connectivity index (χ1n) is 3.45. The van der Waals surface area contributed by atoms with E-state index in [0.717, 1.165) is 11.7 Å². The van der Waals surface area contributed by atoms with Crippen molar-refractivity contribution in [3.63, 3.8) is 0 Å². The first kappa shape index (κ1) is 8.81. The monoisotopic (exact) mass is 190 g/mol. The minimum Gasteiger partial charge on any atom is -0.350 e. The van der Waals surface area contributed by atoms with Gasteiger partial charge in [-0.3, -0.25) is 0 Å². The van der Waals surface area contributed by atoms with Crippen LogP contribution >= 0.6 is 22.9 Å². The first-order valence-corrected chi connectivity index (χ1v) is 4.76. The zero-order valence-electron chi connectivity index (χ0n) is 6.62. The summed E-state index contributed by atoms with van der Waals surface area (Å²) in [6, 6.07) is 0. The number of nitrogens with zero attached hydrogens (tertiary/aromatic N) is 2. The van der Waals surface area contributed by atoms with Crippen LogP contribution in [0, 0.1) is 0 Å². The van der Waals surface area contributed by atoms with Crippen LogP contribution in [0.4, 0.5) is 5.13 Å². The highest BCUT2D eigenvalue weighted by Gasteiger charge is 2.05.